The van der Waals surface area contributed by atoms with Gasteiger partial charge in [0.2, 0.25) is 0 Å². The molecule has 0 saturated carbocycles. The fraction of sp³-hybridized carbons (Fsp3) is 0.143. The molecule has 0 aliphatic heterocycles. The number of hydrogen-bond acceptors (Lipinski definition) is 4. The molecule has 3 aliphatic carbocycles. The zero-order valence-corrected chi connectivity index (χ0v) is 10.9. The minimum absolute atomic E-state index is 0.108. The maximum atomic E-state index is 12.4. The standard InChI is InChI=1S/C14H8O2S2/c15-13-7-3-1-5-9(17)11(7)14(16)8-4-2-6-10(18)12(8)13/h1-5,11H,6H2. The molecule has 0 N–H and O–H groups in total. The van der Waals surface area contributed by atoms with E-state index in [1.165, 1.54) is 0 Å². The molecular formula is C14H8O2S2. The van der Waals surface area contributed by atoms with E-state index >= 15 is 0 Å². The smallest absolute Gasteiger partial charge is 0.191 e. The Labute approximate surface area is 115 Å². The van der Waals surface area contributed by atoms with Gasteiger partial charge in [0.15, 0.2) is 11.6 Å². The van der Waals surface area contributed by atoms with Gasteiger partial charge in [-0.15, -0.1) is 0 Å². The van der Waals surface area contributed by atoms with Crippen LogP contribution in [0.2, 0.25) is 0 Å². The Morgan fingerprint density at radius 1 is 1.17 bits per heavy atom. The van der Waals surface area contributed by atoms with E-state index in [4.69, 9.17) is 24.4 Å². The second kappa shape index (κ2) is 4.00. The molecule has 1 unspecified atom stereocenters. The van der Waals surface area contributed by atoms with Crippen molar-refractivity contribution in [3.05, 3.63) is 47.1 Å². The number of fused-ring (bicyclic) bond motifs is 1. The largest absolute Gasteiger partial charge is 0.293 e. The van der Waals surface area contributed by atoms with Gasteiger partial charge >= 0.3 is 0 Å². The van der Waals surface area contributed by atoms with Gasteiger partial charge in [-0.2, -0.15) is 0 Å². The first-order chi connectivity index (χ1) is 8.61. The normalized spacial score (nSPS) is 26.2. The summed E-state index contributed by atoms with van der Waals surface area (Å²) in [5.41, 5.74) is 1.29. The van der Waals surface area contributed by atoms with E-state index in [1.54, 1.807) is 24.3 Å². The van der Waals surface area contributed by atoms with Gasteiger partial charge in [0.05, 0.1) is 5.92 Å². The third-order valence-corrected chi connectivity index (χ3v) is 4.03. The second-order valence-corrected chi connectivity index (χ2v) is 5.29. The first-order valence-corrected chi connectivity index (χ1v) is 6.38. The van der Waals surface area contributed by atoms with Crippen molar-refractivity contribution in [2.24, 2.45) is 5.92 Å². The molecule has 0 radical (unpaired) electrons. The Morgan fingerprint density at radius 2 is 1.94 bits per heavy atom. The summed E-state index contributed by atoms with van der Waals surface area (Å²) in [4.78, 5) is 25.9. The number of carbonyl (C=O) groups excluding carboxylic acids is 2. The third-order valence-electron chi connectivity index (χ3n) is 3.28. The molecule has 18 heavy (non-hydrogen) atoms. The monoisotopic (exact) mass is 272 g/mol. The van der Waals surface area contributed by atoms with Crippen LogP contribution in [0.4, 0.5) is 0 Å². The molecule has 0 amide bonds. The molecule has 0 aromatic heterocycles. The van der Waals surface area contributed by atoms with Crippen molar-refractivity contribution in [3.8, 4) is 0 Å². The molecule has 0 aromatic rings. The van der Waals surface area contributed by atoms with Crippen molar-refractivity contribution in [1.29, 1.82) is 0 Å². The number of rotatable bonds is 0. The van der Waals surface area contributed by atoms with Crippen LogP contribution in [0.15, 0.2) is 47.1 Å². The van der Waals surface area contributed by atoms with E-state index in [2.05, 4.69) is 0 Å². The number of Topliss-reactive ketones (excluding diaryl/α,β-unsaturated/α-hetero) is 2. The lowest BCUT2D eigenvalue weighted by atomic mass is 9.72. The molecule has 0 aromatic carbocycles. The Bertz CT molecular complexity index is 645. The molecule has 0 saturated heterocycles. The lowest BCUT2D eigenvalue weighted by molar-refractivity contribution is -0.120. The average Bonchev–Trinajstić information content (AvgIpc) is 2.35. The Morgan fingerprint density at radius 3 is 2.72 bits per heavy atom. The Kier molecular flexibility index (Phi) is 2.57. The van der Waals surface area contributed by atoms with Crippen LogP contribution in [-0.2, 0) is 9.59 Å². The highest BCUT2D eigenvalue weighted by molar-refractivity contribution is 7.81. The van der Waals surface area contributed by atoms with Crippen LogP contribution in [0, 0.1) is 5.92 Å². The van der Waals surface area contributed by atoms with E-state index < -0.39 is 5.92 Å². The van der Waals surface area contributed by atoms with Crippen LogP contribution in [-0.4, -0.2) is 21.3 Å². The fourth-order valence-corrected chi connectivity index (χ4v) is 3.05. The van der Waals surface area contributed by atoms with E-state index in [-0.39, 0.29) is 11.6 Å². The number of hydrogen-bond donors (Lipinski definition) is 0. The summed E-state index contributed by atoms with van der Waals surface area (Å²) < 4.78 is 0. The predicted molar refractivity (Wildman–Crippen MR) is 76.7 cm³/mol. The van der Waals surface area contributed by atoms with Gasteiger partial charge in [0.1, 0.15) is 0 Å². The van der Waals surface area contributed by atoms with Gasteiger partial charge in [0.25, 0.3) is 0 Å². The van der Waals surface area contributed by atoms with Crippen LogP contribution < -0.4 is 0 Å². The van der Waals surface area contributed by atoms with Crippen LogP contribution in [0.25, 0.3) is 0 Å². The summed E-state index contributed by atoms with van der Waals surface area (Å²) in [5.74, 6) is -0.846. The summed E-state index contributed by atoms with van der Waals surface area (Å²) in [6.45, 7) is 0. The molecule has 0 bridgehead atoms. The maximum absolute atomic E-state index is 12.4. The molecule has 0 heterocycles. The number of carbonyl (C=O) groups is 2. The lowest BCUT2D eigenvalue weighted by Crippen LogP contribution is -2.38. The van der Waals surface area contributed by atoms with E-state index in [0.29, 0.717) is 32.9 Å². The first-order valence-electron chi connectivity index (χ1n) is 5.56. The van der Waals surface area contributed by atoms with Gasteiger partial charge < -0.3 is 0 Å². The van der Waals surface area contributed by atoms with Crippen molar-refractivity contribution in [2.75, 3.05) is 0 Å². The molecule has 0 fully saturated rings. The molecule has 4 heteroatoms. The van der Waals surface area contributed by atoms with Crippen LogP contribution in [0.5, 0.6) is 0 Å². The summed E-state index contributed by atoms with van der Waals surface area (Å²) in [5, 5.41) is 0. The highest BCUT2D eigenvalue weighted by Crippen LogP contribution is 2.35. The molecule has 2 nitrogen and oxygen atoms in total. The average molecular weight is 272 g/mol. The highest BCUT2D eigenvalue weighted by atomic mass is 32.1. The van der Waals surface area contributed by atoms with Crippen molar-refractivity contribution in [2.45, 2.75) is 6.42 Å². The molecular weight excluding hydrogens is 264 g/mol. The SMILES string of the molecule is O=C1C2=CC=CC(=S)C2C(=O)C2=C1C(=S)CC=C2. The summed E-state index contributed by atoms with van der Waals surface area (Å²) in [7, 11) is 0. The summed E-state index contributed by atoms with van der Waals surface area (Å²) in [6, 6.07) is 0. The quantitative estimate of drug-likeness (QED) is 0.633. The van der Waals surface area contributed by atoms with Gasteiger partial charge in [-0.25, -0.2) is 0 Å². The van der Waals surface area contributed by atoms with E-state index in [0.717, 1.165) is 0 Å². The Balaban J connectivity index is 2.25. The number of ketones is 2. The van der Waals surface area contributed by atoms with E-state index in [1.807, 2.05) is 6.08 Å². The maximum Gasteiger partial charge on any atom is 0.191 e. The molecule has 3 rings (SSSR count). The first kappa shape index (κ1) is 11.6. The van der Waals surface area contributed by atoms with Gasteiger partial charge in [-0.1, -0.05) is 48.7 Å². The van der Waals surface area contributed by atoms with Crippen molar-refractivity contribution < 1.29 is 9.59 Å². The van der Waals surface area contributed by atoms with Crippen LogP contribution in [0.1, 0.15) is 6.42 Å². The van der Waals surface area contributed by atoms with Gasteiger partial charge in [-0.05, 0) is 6.08 Å². The van der Waals surface area contributed by atoms with Crippen LogP contribution in [0.3, 0.4) is 0 Å². The molecule has 88 valence electrons. The van der Waals surface area contributed by atoms with Crippen molar-refractivity contribution in [3.63, 3.8) is 0 Å². The molecule has 0 spiro atoms. The van der Waals surface area contributed by atoms with E-state index in [9.17, 15) is 9.59 Å². The third kappa shape index (κ3) is 1.46. The highest BCUT2D eigenvalue weighted by Gasteiger charge is 2.41. The summed E-state index contributed by atoms with van der Waals surface area (Å²) >= 11 is 10.4. The topological polar surface area (TPSA) is 34.1 Å². The summed E-state index contributed by atoms with van der Waals surface area (Å²) in [6.07, 6.45) is 9.15. The minimum Gasteiger partial charge on any atom is -0.293 e. The molecule has 1 atom stereocenters. The minimum atomic E-state index is -0.596. The number of allylic oxidation sites excluding steroid dienone is 8. The second-order valence-electron chi connectivity index (χ2n) is 4.33. The Hall–Kier alpha value is -1.52. The molecule has 3 aliphatic rings. The lowest BCUT2D eigenvalue weighted by Gasteiger charge is -2.29. The number of thiocarbonyl (C=S) groups is 2. The van der Waals surface area contributed by atoms with Crippen molar-refractivity contribution in [1.82, 2.24) is 0 Å². The van der Waals surface area contributed by atoms with Gasteiger partial charge in [0, 0.05) is 32.9 Å². The fourth-order valence-electron chi connectivity index (χ4n) is 2.44. The van der Waals surface area contributed by atoms with Crippen LogP contribution >= 0.6 is 24.4 Å². The predicted octanol–water partition coefficient (Wildman–Crippen LogP) is 2.25. The zero-order valence-electron chi connectivity index (χ0n) is 9.30. The van der Waals surface area contributed by atoms with Crippen molar-refractivity contribution >= 4 is 45.7 Å². The van der Waals surface area contributed by atoms with Gasteiger partial charge in [-0.3, -0.25) is 9.59 Å². The zero-order chi connectivity index (χ0) is 12.9.